The lowest BCUT2D eigenvalue weighted by Crippen LogP contribution is -2.33. The maximum Gasteiger partial charge on any atom is 0.174 e. The summed E-state index contributed by atoms with van der Waals surface area (Å²) in [6.07, 6.45) is 17.5. The summed E-state index contributed by atoms with van der Waals surface area (Å²) in [5.41, 5.74) is 11.3. The van der Waals surface area contributed by atoms with Crippen LogP contribution in [0.4, 0.5) is 0 Å². The van der Waals surface area contributed by atoms with Crippen LogP contribution >= 0.6 is 0 Å². The number of carbonyl (C=O) groups excluding carboxylic acids is 3. The van der Waals surface area contributed by atoms with Crippen LogP contribution in [0.2, 0.25) is 0 Å². The highest BCUT2D eigenvalue weighted by Crippen LogP contribution is 2.50. The number of aryl methyl sites for hydroxylation is 1. The van der Waals surface area contributed by atoms with Crippen molar-refractivity contribution in [3.63, 3.8) is 0 Å². The number of ketones is 3. The molecule has 0 saturated carbocycles. The Labute approximate surface area is 520 Å². The number of phenolic OH excluding ortho intramolecular Hbond substituents is 7. The van der Waals surface area contributed by atoms with E-state index in [2.05, 4.69) is 121 Å². The van der Waals surface area contributed by atoms with Gasteiger partial charge < -0.3 is 40.5 Å². The second kappa shape index (κ2) is 30.2. The fourth-order valence-electron chi connectivity index (χ4n) is 13.1. The molecule has 0 bridgehead atoms. The molecule has 6 aromatic rings. The molecule has 88 heavy (non-hydrogen) atoms. The van der Waals surface area contributed by atoms with E-state index in [1.165, 1.54) is 47.1 Å². The summed E-state index contributed by atoms with van der Waals surface area (Å²) >= 11 is 0. The molecule has 3 aliphatic rings. The molecule has 0 amide bonds. The van der Waals surface area contributed by atoms with Gasteiger partial charge in [0.05, 0.1) is 7.11 Å². The molecule has 0 spiro atoms. The summed E-state index contributed by atoms with van der Waals surface area (Å²) < 4.78 is 5.35. The van der Waals surface area contributed by atoms with Gasteiger partial charge in [0, 0.05) is 47.9 Å². The van der Waals surface area contributed by atoms with E-state index in [1.54, 1.807) is 19.1 Å². The van der Waals surface area contributed by atoms with Crippen molar-refractivity contribution < 1.29 is 54.9 Å². The Bertz CT molecular complexity index is 3580. The smallest absolute Gasteiger partial charge is 0.174 e. The van der Waals surface area contributed by atoms with E-state index in [4.69, 9.17) is 4.74 Å². The third-order valence-electron chi connectivity index (χ3n) is 17.6. The zero-order valence-electron chi connectivity index (χ0n) is 52.8. The summed E-state index contributed by atoms with van der Waals surface area (Å²) in [4.78, 5) is 41.2. The monoisotopic (exact) mass is 1190 g/mol. The maximum absolute atomic E-state index is 13.9. The van der Waals surface area contributed by atoms with Crippen LogP contribution in [-0.4, -0.2) is 60.2 Å². The van der Waals surface area contributed by atoms with Gasteiger partial charge in [-0.15, -0.1) is 0 Å². The van der Waals surface area contributed by atoms with Crippen molar-refractivity contribution in [1.82, 2.24) is 0 Å². The zero-order chi connectivity index (χ0) is 64.1. The van der Waals surface area contributed by atoms with Crippen molar-refractivity contribution in [2.75, 3.05) is 7.11 Å². The Morgan fingerprint density at radius 2 is 0.818 bits per heavy atom. The zero-order valence-corrected chi connectivity index (χ0v) is 52.8. The Hall–Kier alpha value is -8.83. The van der Waals surface area contributed by atoms with Gasteiger partial charge in [0.25, 0.3) is 0 Å². The van der Waals surface area contributed by atoms with Gasteiger partial charge in [-0.25, -0.2) is 0 Å². The van der Waals surface area contributed by atoms with Crippen molar-refractivity contribution in [2.24, 2.45) is 35.5 Å². The third kappa shape index (κ3) is 16.2. The number of hydrogen-bond acceptors (Lipinski definition) is 11. The first-order valence-electron chi connectivity index (χ1n) is 30.5. The molecule has 0 unspecified atom stereocenters. The fourth-order valence-corrected chi connectivity index (χ4v) is 13.1. The van der Waals surface area contributed by atoms with Crippen LogP contribution in [0.25, 0.3) is 0 Å². The molecule has 462 valence electrons. The molecule has 11 nitrogen and oxygen atoms in total. The summed E-state index contributed by atoms with van der Waals surface area (Å²) in [6, 6.07) is 38.1. The Morgan fingerprint density at radius 1 is 0.455 bits per heavy atom. The van der Waals surface area contributed by atoms with Gasteiger partial charge in [-0.3, -0.25) is 14.4 Å². The number of methoxy groups -OCH3 is 1. The molecule has 0 saturated heterocycles. The number of allylic oxidation sites excluding steroid dienone is 12. The molecular weight excluding hydrogens is 1100 g/mol. The number of benzene rings is 6. The average molecular weight is 1190 g/mol. The Balaban J connectivity index is 0.000000188. The predicted octanol–water partition coefficient (Wildman–Crippen LogP) is 18.0. The lowest BCUT2D eigenvalue weighted by Gasteiger charge is -2.37. The van der Waals surface area contributed by atoms with Gasteiger partial charge in [0.1, 0.15) is 62.7 Å². The average Bonchev–Trinajstić information content (AvgIpc) is 2.26. The molecule has 0 aromatic heterocycles. The molecule has 7 N–H and O–H groups in total. The Morgan fingerprint density at radius 3 is 1.24 bits per heavy atom. The van der Waals surface area contributed by atoms with Crippen LogP contribution in [0.15, 0.2) is 197 Å². The van der Waals surface area contributed by atoms with Crippen molar-refractivity contribution in [1.29, 1.82) is 0 Å². The van der Waals surface area contributed by atoms with Gasteiger partial charge in [-0.05, 0) is 172 Å². The van der Waals surface area contributed by atoms with Crippen LogP contribution < -0.4 is 4.74 Å². The molecule has 11 heteroatoms. The predicted molar refractivity (Wildman–Crippen MR) is 351 cm³/mol. The standard InChI is InChI=1S/C26H30O4.C26H30O3.C25H28O4/c1-16(2)10-12-20-17(3)11-13-21(18-8-6-5-7-9-18)24(20)26(29)25-22(28)14-19(27)15-23(25)30-4;1-16(2)10-12-20-18(4)11-13-21(19-8-6-5-7-9-19)24(20)26(29)25-22(27)14-17(3)15-23(25)28;1-15(2)9-10-20-16(3)11-18(17-7-5-4-6-8-17)12-21(20)25(29)24-22(27)13-19(26)14-23(24)28/h5-11,14-15,20-21,24,27-28H,12-13H2,1-4H3;5-11,14-15,20-21,24,27-28H,12-13H2,1-4H3;4-9,11,13-14,18,20-21,26-28H,10,12H2,1-3H3/t2*20-,21+,24-;18-,20-,21+/m011/s1. The van der Waals surface area contributed by atoms with Gasteiger partial charge in [-0.1, -0.05) is 161 Å². The van der Waals surface area contributed by atoms with E-state index in [0.717, 1.165) is 72.1 Å². The normalized spacial score (nSPS) is 21.2. The topological polar surface area (TPSA) is 202 Å². The summed E-state index contributed by atoms with van der Waals surface area (Å²) in [5, 5.41) is 71.5. The van der Waals surface area contributed by atoms with Gasteiger partial charge in [-0.2, -0.15) is 0 Å². The summed E-state index contributed by atoms with van der Waals surface area (Å²) in [7, 11) is 1.44. The second-order valence-electron chi connectivity index (χ2n) is 24.8. The SMILES string of the molecule is CC(C)=CC[C@@H]1C(C)=CC[C@@H](c2ccccc2)[C@@H]1C(=O)c1c(O)cc(C)cc1O.CC(C)=CC[C@@H]1C(C)=C[C@@H](c2ccccc2)C[C@@H]1C(=O)c1c(O)cc(O)cc1O.COc1cc(O)cc(O)c1C(=O)[C@@H]1[C@@H](c2ccccc2)CC=C(C)[C@@H]1CC=C(C)C. The first-order valence-corrected chi connectivity index (χ1v) is 30.5. The highest BCUT2D eigenvalue weighted by Gasteiger charge is 2.43. The lowest BCUT2D eigenvalue weighted by atomic mass is 9.65. The molecule has 0 aliphatic heterocycles. The molecular formula is C77H88O11. The fraction of sp³-hybridized carbons (Fsp3) is 0.338. The largest absolute Gasteiger partial charge is 0.508 e. The van der Waals surface area contributed by atoms with Gasteiger partial charge >= 0.3 is 0 Å². The second-order valence-corrected chi connectivity index (χ2v) is 24.8. The number of phenols is 7. The highest BCUT2D eigenvalue weighted by atomic mass is 16.5. The molecule has 0 radical (unpaired) electrons. The molecule has 0 heterocycles. The van der Waals surface area contributed by atoms with E-state index < -0.39 is 11.5 Å². The van der Waals surface area contributed by atoms with Crippen LogP contribution in [0, 0.1) is 42.4 Å². The van der Waals surface area contributed by atoms with E-state index >= 15 is 0 Å². The maximum atomic E-state index is 13.9. The van der Waals surface area contributed by atoms with Crippen molar-refractivity contribution in [3.05, 3.63) is 236 Å². The number of Topliss-reactive ketones (excluding diaryl/α,β-unsaturated/α-hetero) is 3. The minimum Gasteiger partial charge on any atom is -0.508 e. The van der Waals surface area contributed by atoms with E-state index in [0.29, 0.717) is 6.42 Å². The number of carbonyl (C=O) groups is 3. The van der Waals surface area contributed by atoms with Crippen molar-refractivity contribution in [3.8, 4) is 46.0 Å². The van der Waals surface area contributed by atoms with Crippen molar-refractivity contribution >= 4 is 17.3 Å². The number of hydrogen-bond donors (Lipinski definition) is 7. The molecule has 3 aliphatic carbocycles. The van der Waals surface area contributed by atoms with E-state index in [9.17, 15) is 50.1 Å². The first kappa shape index (κ1) is 66.7. The Kier molecular flexibility index (Phi) is 22.9. The molecule has 9 rings (SSSR count). The summed E-state index contributed by atoms with van der Waals surface area (Å²) in [6.45, 7) is 20.3. The third-order valence-corrected chi connectivity index (χ3v) is 17.6. The van der Waals surface area contributed by atoms with Crippen molar-refractivity contribution in [2.45, 2.75) is 126 Å². The lowest BCUT2D eigenvalue weighted by molar-refractivity contribution is 0.0836. The molecule has 9 atom stereocenters. The van der Waals surface area contributed by atoms with E-state index in [-0.39, 0.29) is 122 Å². The van der Waals surface area contributed by atoms with Crippen LogP contribution in [0.1, 0.15) is 172 Å². The van der Waals surface area contributed by atoms with Crippen LogP contribution in [-0.2, 0) is 0 Å². The van der Waals surface area contributed by atoms with Crippen LogP contribution in [0.5, 0.6) is 46.0 Å². The first-order chi connectivity index (χ1) is 41.9. The highest BCUT2D eigenvalue weighted by molar-refractivity contribution is 6.05. The number of rotatable bonds is 16. The minimum absolute atomic E-state index is 0.00284. The van der Waals surface area contributed by atoms with E-state index in [1.807, 2.05) is 68.4 Å². The van der Waals surface area contributed by atoms with Crippen LogP contribution in [0.3, 0.4) is 0 Å². The molecule has 0 fully saturated rings. The summed E-state index contributed by atoms with van der Waals surface area (Å²) in [5.74, 6) is -3.15. The molecule has 6 aromatic carbocycles. The van der Waals surface area contributed by atoms with Gasteiger partial charge in [0.15, 0.2) is 17.3 Å². The van der Waals surface area contributed by atoms with Gasteiger partial charge in [0.2, 0.25) is 0 Å². The quantitative estimate of drug-likeness (QED) is 0.0359. The minimum atomic E-state index is -0.392. The number of ether oxygens (including phenoxy) is 1. The number of aromatic hydroxyl groups is 7.